The highest BCUT2D eigenvalue weighted by molar-refractivity contribution is 5.92. The van der Waals surface area contributed by atoms with E-state index in [1.807, 2.05) is 30.3 Å². The summed E-state index contributed by atoms with van der Waals surface area (Å²) in [7, 11) is 1.50. The maximum Gasteiger partial charge on any atom is 0.330 e. The Morgan fingerprint density at radius 2 is 2.00 bits per heavy atom. The van der Waals surface area contributed by atoms with E-state index in [2.05, 4.69) is 31.8 Å². The number of aromatic amines is 1. The van der Waals surface area contributed by atoms with E-state index in [1.54, 1.807) is 0 Å². The number of benzene rings is 1. The van der Waals surface area contributed by atoms with E-state index in [4.69, 9.17) is 11.2 Å². The van der Waals surface area contributed by atoms with Crippen molar-refractivity contribution in [2.75, 3.05) is 24.4 Å². The maximum absolute atomic E-state index is 12.7. The highest BCUT2D eigenvalue weighted by Crippen LogP contribution is 2.37. The first-order valence-corrected chi connectivity index (χ1v) is 10.3. The minimum absolute atomic E-state index is 0.0964. The zero-order chi connectivity index (χ0) is 23.0. The molecule has 0 bridgehead atoms. The molecule has 0 unspecified atom stereocenters. The summed E-state index contributed by atoms with van der Waals surface area (Å²) in [6, 6.07) is 9.46. The van der Waals surface area contributed by atoms with E-state index >= 15 is 0 Å². The summed E-state index contributed by atoms with van der Waals surface area (Å²) in [4.78, 5) is 40.0. The molecule has 2 aromatic rings. The highest BCUT2D eigenvalue weighted by Gasteiger charge is 2.39. The Bertz CT molecular complexity index is 1120. The number of H-pyrrole nitrogens is 1. The van der Waals surface area contributed by atoms with Gasteiger partial charge in [-0.3, -0.25) is 19.1 Å². The molecule has 0 atom stereocenters. The first kappa shape index (κ1) is 23.0. The number of carbonyl (C=O) groups is 1. The first-order chi connectivity index (χ1) is 15.5. The third-order valence-corrected chi connectivity index (χ3v) is 5.09. The summed E-state index contributed by atoms with van der Waals surface area (Å²) < 4.78 is 6.35. The van der Waals surface area contributed by atoms with Gasteiger partial charge in [-0.2, -0.15) is 10.2 Å². The molecule has 3 rings (SSSR count). The quantitative estimate of drug-likeness (QED) is 0.437. The van der Waals surface area contributed by atoms with E-state index in [1.165, 1.54) is 11.7 Å². The second kappa shape index (κ2) is 10.5. The van der Waals surface area contributed by atoms with Crippen LogP contribution in [0.4, 0.5) is 11.5 Å². The van der Waals surface area contributed by atoms with Gasteiger partial charge in [0.1, 0.15) is 11.5 Å². The van der Waals surface area contributed by atoms with Gasteiger partial charge in [-0.05, 0) is 5.56 Å². The molecule has 1 aromatic carbocycles. The van der Waals surface area contributed by atoms with Crippen molar-refractivity contribution in [2.24, 2.45) is 10.2 Å². The molecular formula is C22H26N6O4. The molecule has 10 nitrogen and oxygen atoms in total. The first-order valence-electron chi connectivity index (χ1n) is 10.3. The summed E-state index contributed by atoms with van der Waals surface area (Å²) in [6.07, 6.45) is 6.92. The van der Waals surface area contributed by atoms with Crippen LogP contribution in [0.3, 0.4) is 0 Å². The molecule has 168 valence electrons. The number of nitrogens with one attached hydrogen (secondary N) is 3. The van der Waals surface area contributed by atoms with Gasteiger partial charge >= 0.3 is 5.69 Å². The lowest BCUT2D eigenvalue weighted by molar-refractivity contribution is -0.116. The van der Waals surface area contributed by atoms with Crippen molar-refractivity contribution in [1.29, 1.82) is 0 Å². The molecule has 0 aliphatic carbocycles. The average molecular weight is 438 g/mol. The number of hydrogen-bond donors (Lipinski definition) is 3. The van der Waals surface area contributed by atoms with Crippen LogP contribution in [0.1, 0.15) is 31.2 Å². The van der Waals surface area contributed by atoms with E-state index in [9.17, 15) is 14.4 Å². The van der Waals surface area contributed by atoms with E-state index in [0.717, 1.165) is 5.56 Å². The van der Waals surface area contributed by atoms with E-state index < -0.39 is 16.9 Å². The number of hydrogen-bond acceptors (Lipinski definition) is 7. The molecule has 32 heavy (non-hydrogen) atoms. The lowest BCUT2D eigenvalue weighted by Gasteiger charge is -2.18. The van der Waals surface area contributed by atoms with E-state index in [0.29, 0.717) is 25.8 Å². The summed E-state index contributed by atoms with van der Waals surface area (Å²) in [5.74, 6) is 2.29. The number of anilines is 2. The van der Waals surface area contributed by atoms with Crippen molar-refractivity contribution in [3.8, 4) is 12.3 Å². The van der Waals surface area contributed by atoms with Gasteiger partial charge in [0, 0.05) is 39.3 Å². The standard InChI is InChI=1S/C22H26N6O4/c1-3-4-11-22(26-27-22)12-10-17(29)24-19-18(23-15-16-8-6-5-7-9-16)20(30)25-21(31)28(19)13-14-32-2/h1,5-9,23H,4,10-15H2,2H3,(H,24,29)(H,25,30,31). The van der Waals surface area contributed by atoms with Crippen molar-refractivity contribution in [2.45, 2.75) is 44.4 Å². The van der Waals surface area contributed by atoms with Gasteiger partial charge in [0.2, 0.25) is 5.91 Å². The van der Waals surface area contributed by atoms with Gasteiger partial charge in [0.15, 0.2) is 5.66 Å². The zero-order valence-electron chi connectivity index (χ0n) is 17.9. The Balaban J connectivity index is 1.80. The second-order valence-electron chi connectivity index (χ2n) is 7.40. The molecule has 1 aromatic heterocycles. The van der Waals surface area contributed by atoms with Crippen LogP contribution in [0.2, 0.25) is 0 Å². The third-order valence-electron chi connectivity index (χ3n) is 5.09. The lowest BCUT2D eigenvalue weighted by atomic mass is 10.0. The molecule has 1 aliphatic rings. The van der Waals surface area contributed by atoms with Gasteiger partial charge in [-0.25, -0.2) is 4.79 Å². The zero-order valence-corrected chi connectivity index (χ0v) is 17.9. The topological polar surface area (TPSA) is 130 Å². The Kier molecular flexibility index (Phi) is 7.57. The number of nitrogens with zero attached hydrogens (tertiary/aromatic N) is 3. The minimum atomic E-state index is -0.634. The molecule has 0 saturated carbocycles. The fourth-order valence-corrected chi connectivity index (χ4v) is 3.22. The van der Waals surface area contributed by atoms with Crippen molar-refractivity contribution in [3.63, 3.8) is 0 Å². The summed E-state index contributed by atoms with van der Waals surface area (Å²) in [5.41, 5.74) is -0.813. The molecular weight excluding hydrogens is 412 g/mol. The lowest BCUT2D eigenvalue weighted by Crippen LogP contribution is -2.36. The average Bonchev–Trinajstić information content (AvgIpc) is 3.56. The molecule has 2 heterocycles. The number of rotatable bonds is 12. The Labute approximate surface area is 185 Å². The SMILES string of the molecule is C#CCCC1(CCC(=O)Nc2c(NCc3ccccc3)c(=O)[nH]c(=O)n2CCOC)N=N1. The Hall–Kier alpha value is -3.71. The minimum Gasteiger partial charge on any atom is -0.383 e. The van der Waals surface area contributed by atoms with Crippen LogP contribution in [0.5, 0.6) is 0 Å². The summed E-state index contributed by atoms with van der Waals surface area (Å²) >= 11 is 0. The van der Waals surface area contributed by atoms with Gasteiger partial charge in [0.05, 0.1) is 13.2 Å². The van der Waals surface area contributed by atoms with Crippen LogP contribution in [0.15, 0.2) is 50.1 Å². The van der Waals surface area contributed by atoms with E-state index in [-0.39, 0.29) is 37.0 Å². The van der Waals surface area contributed by atoms with Gasteiger partial charge < -0.3 is 15.4 Å². The van der Waals surface area contributed by atoms with Crippen molar-refractivity contribution in [1.82, 2.24) is 9.55 Å². The molecule has 10 heteroatoms. The number of carbonyl (C=O) groups excluding carboxylic acids is 1. The molecule has 0 spiro atoms. The van der Waals surface area contributed by atoms with Crippen LogP contribution >= 0.6 is 0 Å². The monoisotopic (exact) mass is 438 g/mol. The summed E-state index contributed by atoms with van der Waals surface area (Å²) in [5, 5.41) is 13.8. The number of amides is 1. The van der Waals surface area contributed by atoms with Crippen LogP contribution in [0.25, 0.3) is 0 Å². The highest BCUT2D eigenvalue weighted by atomic mass is 16.5. The van der Waals surface area contributed by atoms with Crippen molar-refractivity contribution in [3.05, 3.63) is 56.7 Å². The second-order valence-corrected chi connectivity index (χ2v) is 7.40. The maximum atomic E-state index is 12.7. The smallest absolute Gasteiger partial charge is 0.330 e. The molecule has 1 amide bonds. The summed E-state index contributed by atoms with van der Waals surface area (Å²) in [6.45, 7) is 0.709. The predicted molar refractivity (Wildman–Crippen MR) is 120 cm³/mol. The molecule has 0 fully saturated rings. The Morgan fingerprint density at radius 1 is 1.25 bits per heavy atom. The molecule has 1 aliphatic heterocycles. The number of terminal acetylenes is 1. The number of ether oxygens (including phenoxy) is 1. The van der Waals surface area contributed by atoms with Crippen LogP contribution in [-0.4, -0.2) is 34.8 Å². The Morgan fingerprint density at radius 3 is 2.66 bits per heavy atom. The molecule has 0 radical (unpaired) electrons. The van der Waals surface area contributed by atoms with Crippen molar-refractivity contribution >= 4 is 17.4 Å². The molecule has 0 saturated heterocycles. The normalized spacial score (nSPS) is 13.4. The molecule has 3 N–H and O–H groups in total. The van der Waals surface area contributed by atoms with Crippen LogP contribution in [0, 0.1) is 12.3 Å². The fraction of sp³-hybridized carbons (Fsp3) is 0.409. The third kappa shape index (κ3) is 5.92. The number of aromatic nitrogens is 2. The van der Waals surface area contributed by atoms with Gasteiger partial charge in [-0.15, -0.1) is 12.3 Å². The largest absolute Gasteiger partial charge is 0.383 e. The number of methoxy groups -OCH3 is 1. The predicted octanol–water partition coefficient (Wildman–Crippen LogP) is 2.09. The van der Waals surface area contributed by atoms with Crippen LogP contribution < -0.4 is 21.9 Å². The van der Waals surface area contributed by atoms with Gasteiger partial charge in [-0.1, -0.05) is 30.3 Å². The fourth-order valence-electron chi connectivity index (χ4n) is 3.22. The van der Waals surface area contributed by atoms with Crippen LogP contribution in [-0.2, 0) is 22.6 Å². The van der Waals surface area contributed by atoms with Gasteiger partial charge in [0.25, 0.3) is 5.56 Å². The van der Waals surface area contributed by atoms with Crippen molar-refractivity contribution < 1.29 is 9.53 Å².